The van der Waals surface area contributed by atoms with Crippen molar-refractivity contribution in [1.82, 2.24) is 0 Å². The van der Waals surface area contributed by atoms with Gasteiger partial charge < -0.3 is 10.1 Å². The molecule has 0 unspecified atom stereocenters. The first-order valence-corrected chi connectivity index (χ1v) is 8.10. The second-order valence-corrected chi connectivity index (χ2v) is 6.09. The van der Waals surface area contributed by atoms with Gasteiger partial charge in [-0.2, -0.15) is 0 Å². The molecule has 1 aromatic heterocycles. The summed E-state index contributed by atoms with van der Waals surface area (Å²) in [6, 6.07) is 13.4. The lowest BCUT2D eigenvalue weighted by molar-refractivity contribution is -0.384. The summed E-state index contributed by atoms with van der Waals surface area (Å²) in [6.45, 7) is 2.44. The van der Waals surface area contributed by atoms with Crippen LogP contribution in [0.4, 0.5) is 11.4 Å². The maximum absolute atomic E-state index is 12.4. The summed E-state index contributed by atoms with van der Waals surface area (Å²) >= 11 is 1.29. The summed E-state index contributed by atoms with van der Waals surface area (Å²) in [7, 11) is 0. The van der Waals surface area contributed by atoms with Gasteiger partial charge in [0, 0.05) is 34.0 Å². The summed E-state index contributed by atoms with van der Waals surface area (Å²) in [5.41, 5.74) is 0.645. The molecule has 0 atom stereocenters. The first-order chi connectivity index (χ1) is 11.6. The van der Waals surface area contributed by atoms with E-state index in [2.05, 4.69) is 5.32 Å². The number of non-ortho nitro benzene ring substituents is 1. The molecule has 1 N–H and O–H groups in total. The zero-order valence-corrected chi connectivity index (χ0v) is 13.6. The number of amides is 1. The van der Waals surface area contributed by atoms with E-state index in [9.17, 15) is 14.9 Å². The van der Waals surface area contributed by atoms with E-state index in [1.54, 1.807) is 30.3 Å². The van der Waals surface area contributed by atoms with Crippen LogP contribution in [0, 0.1) is 10.1 Å². The summed E-state index contributed by atoms with van der Waals surface area (Å²) in [5, 5.41) is 14.3. The zero-order chi connectivity index (χ0) is 17.1. The van der Waals surface area contributed by atoms with E-state index in [1.165, 1.54) is 23.5 Å². The fourth-order valence-electron chi connectivity index (χ4n) is 2.28. The Kier molecular flexibility index (Phi) is 4.43. The number of rotatable bonds is 5. The molecular formula is C17H14N2O4S. The van der Waals surface area contributed by atoms with Gasteiger partial charge in [-0.15, -0.1) is 11.3 Å². The maximum atomic E-state index is 12.4. The lowest BCUT2D eigenvalue weighted by atomic mass is 10.2. The number of hydrogen-bond donors (Lipinski definition) is 1. The fourth-order valence-corrected chi connectivity index (χ4v) is 3.22. The van der Waals surface area contributed by atoms with E-state index >= 15 is 0 Å². The quantitative estimate of drug-likeness (QED) is 0.548. The Morgan fingerprint density at radius 2 is 2.08 bits per heavy atom. The van der Waals surface area contributed by atoms with Crippen LogP contribution in [0.3, 0.4) is 0 Å². The molecule has 0 saturated heterocycles. The van der Waals surface area contributed by atoms with Crippen molar-refractivity contribution in [3.05, 3.63) is 63.5 Å². The smallest absolute Gasteiger partial charge is 0.270 e. The van der Waals surface area contributed by atoms with Crippen molar-refractivity contribution in [2.24, 2.45) is 0 Å². The number of nitro benzene ring substituents is 1. The number of ether oxygens (including phenoxy) is 1. The number of nitrogens with one attached hydrogen (secondary N) is 1. The third-order valence-electron chi connectivity index (χ3n) is 3.34. The molecule has 1 heterocycles. The zero-order valence-electron chi connectivity index (χ0n) is 12.8. The van der Waals surface area contributed by atoms with Gasteiger partial charge in [0.1, 0.15) is 5.75 Å². The highest BCUT2D eigenvalue weighted by atomic mass is 32.1. The van der Waals surface area contributed by atoms with Crippen molar-refractivity contribution in [1.29, 1.82) is 0 Å². The highest BCUT2D eigenvalue weighted by Gasteiger charge is 2.13. The SMILES string of the molecule is CCOc1cccc(NC(=O)c2cc3cc([N+](=O)[O-])ccc3s2)c1. The monoisotopic (exact) mass is 342 g/mol. The number of carbonyl (C=O) groups excluding carboxylic acids is 1. The molecule has 0 radical (unpaired) electrons. The second-order valence-electron chi connectivity index (χ2n) is 5.00. The minimum atomic E-state index is -0.448. The predicted octanol–water partition coefficient (Wildman–Crippen LogP) is 4.46. The molecule has 0 saturated carbocycles. The summed E-state index contributed by atoms with van der Waals surface area (Å²) in [4.78, 5) is 23.3. The lowest BCUT2D eigenvalue weighted by Crippen LogP contribution is -2.10. The highest BCUT2D eigenvalue weighted by molar-refractivity contribution is 7.20. The average Bonchev–Trinajstić information content (AvgIpc) is 2.98. The number of carbonyl (C=O) groups is 1. The van der Waals surface area contributed by atoms with Gasteiger partial charge in [-0.1, -0.05) is 6.07 Å². The molecule has 7 heteroatoms. The minimum absolute atomic E-state index is 0.0108. The van der Waals surface area contributed by atoms with Crippen LogP contribution in [0.5, 0.6) is 5.75 Å². The van der Waals surface area contributed by atoms with Gasteiger partial charge in [0.25, 0.3) is 11.6 Å². The number of thiophene rings is 1. The molecule has 0 aliphatic heterocycles. The van der Waals surface area contributed by atoms with E-state index in [4.69, 9.17) is 4.74 Å². The third-order valence-corrected chi connectivity index (χ3v) is 4.45. The molecule has 0 fully saturated rings. The standard InChI is InChI=1S/C17H14N2O4S/c1-2-23-14-5-3-4-12(10-14)18-17(20)16-9-11-8-13(19(21)22)6-7-15(11)24-16/h3-10H,2H2,1H3,(H,18,20). The van der Waals surface area contributed by atoms with E-state index in [1.807, 2.05) is 13.0 Å². The van der Waals surface area contributed by atoms with E-state index < -0.39 is 4.92 Å². The fraction of sp³-hybridized carbons (Fsp3) is 0.118. The van der Waals surface area contributed by atoms with Gasteiger partial charge in [0.05, 0.1) is 16.4 Å². The van der Waals surface area contributed by atoms with Gasteiger partial charge in [-0.25, -0.2) is 0 Å². The van der Waals surface area contributed by atoms with Crippen LogP contribution in [0.15, 0.2) is 48.5 Å². The number of benzene rings is 2. The molecule has 0 bridgehead atoms. The normalized spacial score (nSPS) is 10.5. The Hall–Kier alpha value is -2.93. The Morgan fingerprint density at radius 1 is 1.25 bits per heavy atom. The Morgan fingerprint density at radius 3 is 2.83 bits per heavy atom. The molecule has 24 heavy (non-hydrogen) atoms. The topological polar surface area (TPSA) is 81.5 Å². The molecule has 1 amide bonds. The van der Waals surface area contributed by atoms with Crippen molar-refractivity contribution in [3.63, 3.8) is 0 Å². The van der Waals surface area contributed by atoms with Crippen molar-refractivity contribution < 1.29 is 14.5 Å². The molecule has 6 nitrogen and oxygen atoms in total. The predicted molar refractivity (Wildman–Crippen MR) is 94.0 cm³/mol. The van der Waals surface area contributed by atoms with Gasteiger partial charge >= 0.3 is 0 Å². The van der Waals surface area contributed by atoms with Gasteiger partial charge in [0.15, 0.2) is 0 Å². The number of anilines is 1. The van der Waals surface area contributed by atoms with E-state index in [-0.39, 0.29) is 11.6 Å². The minimum Gasteiger partial charge on any atom is -0.494 e. The average molecular weight is 342 g/mol. The molecule has 0 spiro atoms. The lowest BCUT2D eigenvalue weighted by Gasteiger charge is -2.06. The summed E-state index contributed by atoms with van der Waals surface area (Å²) in [6.07, 6.45) is 0. The van der Waals surface area contributed by atoms with Gasteiger partial charge in [-0.05, 0) is 31.2 Å². The van der Waals surface area contributed by atoms with Crippen molar-refractivity contribution in [2.75, 3.05) is 11.9 Å². The maximum Gasteiger partial charge on any atom is 0.270 e. The van der Waals surface area contributed by atoms with Crippen LogP contribution in [-0.4, -0.2) is 17.4 Å². The number of nitro groups is 1. The number of nitrogens with zero attached hydrogens (tertiary/aromatic N) is 1. The number of hydrogen-bond acceptors (Lipinski definition) is 5. The molecule has 3 rings (SSSR count). The Labute approximate surface area is 141 Å². The van der Waals surface area contributed by atoms with Crippen molar-refractivity contribution in [3.8, 4) is 5.75 Å². The van der Waals surface area contributed by atoms with E-state index in [0.717, 1.165) is 4.70 Å². The largest absolute Gasteiger partial charge is 0.494 e. The van der Waals surface area contributed by atoms with Crippen LogP contribution in [0.2, 0.25) is 0 Å². The van der Waals surface area contributed by atoms with Crippen LogP contribution in [0.1, 0.15) is 16.6 Å². The molecule has 122 valence electrons. The van der Waals surface area contributed by atoms with Crippen LogP contribution in [0.25, 0.3) is 10.1 Å². The van der Waals surface area contributed by atoms with Crippen molar-refractivity contribution >= 4 is 38.7 Å². The van der Waals surface area contributed by atoms with Crippen molar-refractivity contribution in [2.45, 2.75) is 6.92 Å². The Bertz CT molecular complexity index is 920. The van der Waals surface area contributed by atoms with Crippen LogP contribution < -0.4 is 10.1 Å². The Balaban J connectivity index is 1.83. The number of fused-ring (bicyclic) bond motifs is 1. The third kappa shape index (κ3) is 3.36. The molecule has 0 aliphatic carbocycles. The molecule has 3 aromatic rings. The van der Waals surface area contributed by atoms with Crippen LogP contribution >= 0.6 is 11.3 Å². The molecule has 0 aliphatic rings. The first kappa shape index (κ1) is 15.9. The van der Waals surface area contributed by atoms with Gasteiger partial charge in [0.2, 0.25) is 0 Å². The second kappa shape index (κ2) is 6.67. The molecular weight excluding hydrogens is 328 g/mol. The summed E-state index contributed by atoms with van der Waals surface area (Å²) < 4.78 is 6.23. The summed E-state index contributed by atoms with van der Waals surface area (Å²) in [5.74, 6) is 0.426. The highest BCUT2D eigenvalue weighted by Crippen LogP contribution is 2.29. The van der Waals surface area contributed by atoms with Gasteiger partial charge in [-0.3, -0.25) is 14.9 Å². The van der Waals surface area contributed by atoms with Crippen LogP contribution in [-0.2, 0) is 0 Å². The first-order valence-electron chi connectivity index (χ1n) is 7.29. The molecule has 2 aromatic carbocycles. The van der Waals surface area contributed by atoms with E-state index in [0.29, 0.717) is 28.3 Å².